The summed E-state index contributed by atoms with van der Waals surface area (Å²) in [6.07, 6.45) is -3.29. The Balaban J connectivity index is 1.88. The zero-order chi connectivity index (χ0) is 20.5. The van der Waals surface area contributed by atoms with Crippen LogP contribution in [0, 0.1) is 0 Å². The molecule has 1 aromatic heterocycles. The van der Waals surface area contributed by atoms with E-state index in [4.69, 9.17) is 0 Å². The molecule has 0 aliphatic rings. The first-order chi connectivity index (χ1) is 13.1. The normalized spacial score (nSPS) is 12.2. The van der Waals surface area contributed by atoms with Gasteiger partial charge in [0, 0.05) is 15.4 Å². The molecule has 3 rings (SSSR count). The largest absolute Gasteiger partial charge is 0.416 e. The Bertz CT molecular complexity index is 1080. The molecule has 0 saturated carbocycles. The number of benzene rings is 2. The van der Waals surface area contributed by atoms with Gasteiger partial charge in [-0.2, -0.15) is 13.2 Å². The standard InChI is InChI=1S/C18H14BrF3N2O2S2/c1-28(25,26)24(16-5-3-2-4-15(16)19)10-14-11-27-17(23-14)12-6-8-13(9-7-12)18(20,21)22/h2-9,11H,10H2,1H3. The highest BCUT2D eigenvalue weighted by atomic mass is 79.9. The topological polar surface area (TPSA) is 50.3 Å². The van der Waals surface area contributed by atoms with Crippen LogP contribution in [0.2, 0.25) is 0 Å². The Kier molecular flexibility index (Phi) is 5.83. The van der Waals surface area contributed by atoms with Crippen molar-refractivity contribution in [2.24, 2.45) is 0 Å². The van der Waals surface area contributed by atoms with E-state index in [2.05, 4.69) is 20.9 Å². The highest BCUT2D eigenvalue weighted by molar-refractivity contribution is 9.10. The summed E-state index contributed by atoms with van der Waals surface area (Å²) in [6.45, 7) is 0.0125. The molecule has 0 atom stereocenters. The highest BCUT2D eigenvalue weighted by Gasteiger charge is 2.30. The fourth-order valence-electron chi connectivity index (χ4n) is 2.50. The minimum atomic E-state index is -4.40. The number of halogens is 4. The Morgan fingerprint density at radius 2 is 1.75 bits per heavy atom. The van der Waals surface area contributed by atoms with Crippen molar-refractivity contribution in [1.82, 2.24) is 4.98 Å². The third-order valence-electron chi connectivity index (χ3n) is 3.84. The molecule has 0 amide bonds. The molecule has 0 bridgehead atoms. The molecule has 3 aromatic rings. The lowest BCUT2D eigenvalue weighted by molar-refractivity contribution is -0.137. The number of sulfonamides is 1. The van der Waals surface area contributed by atoms with Crippen LogP contribution < -0.4 is 4.31 Å². The van der Waals surface area contributed by atoms with E-state index in [0.717, 1.165) is 18.4 Å². The van der Waals surface area contributed by atoms with Gasteiger partial charge in [-0.3, -0.25) is 4.31 Å². The zero-order valence-electron chi connectivity index (χ0n) is 14.4. The Morgan fingerprint density at radius 3 is 2.32 bits per heavy atom. The van der Waals surface area contributed by atoms with Crippen LogP contribution in [-0.2, 0) is 22.7 Å². The summed E-state index contributed by atoms with van der Waals surface area (Å²) in [6, 6.07) is 11.6. The van der Waals surface area contributed by atoms with Gasteiger partial charge in [0.2, 0.25) is 10.0 Å². The second-order valence-corrected chi connectivity index (χ2v) is 9.56. The first kappa shape index (κ1) is 20.8. The number of anilines is 1. The van der Waals surface area contributed by atoms with Crippen molar-refractivity contribution >= 4 is 43.0 Å². The number of para-hydroxylation sites is 1. The summed E-state index contributed by atoms with van der Waals surface area (Å²) < 4.78 is 64.5. The number of thiazole rings is 1. The number of aromatic nitrogens is 1. The molecule has 1 heterocycles. The maximum atomic E-state index is 12.7. The summed E-state index contributed by atoms with van der Waals surface area (Å²) in [4.78, 5) is 4.40. The quantitative estimate of drug-likeness (QED) is 0.470. The van der Waals surface area contributed by atoms with Crippen molar-refractivity contribution in [2.75, 3.05) is 10.6 Å². The molecule has 10 heteroatoms. The summed E-state index contributed by atoms with van der Waals surface area (Å²) >= 11 is 4.59. The molecule has 2 aromatic carbocycles. The van der Waals surface area contributed by atoms with Crippen LogP contribution in [0.5, 0.6) is 0 Å². The first-order valence-corrected chi connectivity index (χ1v) is 11.4. The van der Waals surface area contributed by atoms with Gasteiger partial charge in [0.15, 0.2) is 0 Å². The number of hydrogen-bond acceptors (Lipinski definition) is 4. The van der Waals surface area contributed by atoms with E-state index in [1.54, 1.807) is 29.6 Å². The highest BCUT2D eigenvalue weighted by Crippen LogP contribution is 2.33. The Labute approximate surface area is 172 Å². The summed E-state index contributed by atoms with van der Waals surface area (Å²) in [5, 5.41) is 2.21. The molecule has 28 heavy (non-hydrogen) atoms. The van der Waals surface area contributed by atoms with Crippen molar-refractivity contribution in [3.05, 3.63) is 69.6 Å². The molecule has 0 spiro atoms. The van der Waals surface area contributed by atoms with Gasteiger partial charge in [0.1, 0.15) is 5.01 Å². The summed E-state index contributed by atoms with van der Waals surface area (Å²) in [7, 11) is -3.57. The van der Waals surface area contributed by atoms with Crippen molar-refractivity contribution in [1.29, 1.82) is 0 Å². The zero-order valence-corrected chi connectivity index (χ0v) is 17.7. The average molecular weight is 491 g/mol. The Hall–Kier alpha value is -1.91. The van der Waals surface area contributed by atoms with Crippen LogP contribution >= 0.6 is 27.3 Å². The predicted octanol–water partition coefficient (Wildman–Crippen LogP) is 5.56. The molecular formula is C18H14BrF3N2O2S2. The molecule has 148 valence electrons. The third kappa shape index (κ3) is 4.73. The molecule has 0 unspecified atom stereocenters. The molecular weight excluding hydrogens is 477 g/mol. The molecule has 0 aliphatic heterocycles. The average Bonchev–Trinajstić information content (AvgIpc) is 3.08. The van der Waals surface area contributed by atoms with Crippen LogP contribution in [0.4, 0.5) is 18.9 Å². The van der Waals surface area contributed by atoms with Gasteiger partial charge in [0.05, 0.1) is 29.7 Å². The van der Waals surface area contributed by atoms with Gasteiger partial charge in [0.25, 0.3) is 0 Å². The summed E-state index contributed by atoms with van der Waals surface area (Å²) in [5.41, 5.74) is 0.788. The Morgan fingerprint density at radius 1 is 1.11 bits per heavy atom. The minimum Gasteiger partial charge on any atom is -0.263 e. The second-order valence-electron chi connectivity index (χ2n) is 5.94. The summed E-state index contributed by atoms with van der Waals surface area (Å²) in [5.74, 6) is 0. The fourth-order valence-corrected chi connectivity index (χ4v) is 4.81. The predicted molar refractivity (Wildman–Crippen MR) is 108 cm³/mol. The van der Waals surface area contributed by atoms with Crippen molar-refractivity contribution in [2.45, 2.75) is 12.7 Å². The van der Waals surface area contributed by atoms with Crippen LogP contribution in [0.15, 0.2) is 58.4 Å². The van der Waals surface area contributed by atoms with E-state index in [1.165, 1.54) is 27.8 Å². The van der Waals surface area contributed by atoms with Crippen molar-refractivity contribution < 1.29 is 21.6 Å². The van der Waals surface area contributed by atoms with E-state index in [0.29, 0.717) is 26.4 Å². The smallest absolute Gasteiger partial charge is 0.263 e. The lowest BCUT2D eigenvalue weighted by Crippen LogP contribution is -2.29. The van der Waals surface area contributed by atoms with Gasteiger partial charge in [-0.15, -0.1) is 11.3 Å². The molecule has 0 fully saturated rings. The number of alkyl halides is 3. The van der Waals surface area contributed by atoms with E-state index in [1.807, 2.05) is 0 Å². The molecule has 4 nitrogen and oxygen atoms in total. The molecule has 0 saturated heterocycles. The third-order valence-corrected chi connectivity index (χ3v) is 6.58. The maximum absolute atomic E-state index is 12.7. The SMILES string of the molecule is CS(=O)(=O)N(Cc1csc(-c2ccc(C(F)(F)F)cc2)n1)c1ccccc1Br. The van der Waals surface area contributed by atoms with Gasteiger partial charge >= 0.3 is 6.18 Å². The maximum Gasteiger partial charge on any atom is 0.416 e. The fraction of sp³-hybridized carbons (Fsp3) is 0.167. The van der Waals surface area contributed by atoms with E-state index >= 15 is 0 Å². The lowest BCUT2D eigenvalue weighted by atomic mass is 10.1. The van der Waals surface area contributed by atoms with Gasteiger partial charge in [-0.05, 0) is 40.2 Å². The van der Waals surface area contributed by atoms with E-state index in [9.17, 15) is 21.6 Å². The minimum absolute atomic E-state index is 0.0125. The first-order valence-electron chi connectivity index (χ1n) is 7.90. The van der Waals surface area contributed by atoms with Gasteiger partial charge in [-0.1, -0.05) is 24.3 Å². The number of nitrogens with zero attached hydrogens (tertiary/aromatic N) is 2. The van der Waals surface area contributed by atoms with Gasteiger partial charge < -0.3 is 0 Å². The van der Waals surface area contributed by atoms with E-state index < -0.39 is 21.8 Å². The van der Waals surface area contributed by atoms with Gasteiger partial charge in [-0.25, -0.2) is 13.4 Å². The number of rotatable bonds is 5. The number of hydrogen-bond donors (Lipinski definition) is 0. The van der Waals surface area contributed by atoms with Crippen LogP contribution in [0.3, 0.4) is 0 Å². The van der Waals surface area contributed by atoms with Crippen LogP contribution in [0.1, 0.15) is 11.3 Å². The molecule has 0 N–H and O–H groups in total. The molecule has 0 aliphatic carbocycles. The van der Waals surface area contributed by atoms with Crippen LogP contribution in [0.25, 0.3) is 10.6 Å². The molecule has 0 radical (unpaired) electrons. The van der Waals surface area contributed by atoms with Crippen molar-refractivity contribution in [3.63, 3.8) is 0 Å². The second kappa shape index (κ2) is 7.84. The van der Waals surface area contributed by atoms with Crippen molar-refractivity contribution in [3.8, 4) is 10.6 Å². The van der Waals surface area contributed by atoms with E-state index in [-0.39, 0.29) is 6.54 Å². The monoisotopic (exact) mass is 490 g/mol. The lowest BCUT2D eigenvalue weighted by Gasteiger charge is -2.22. The van der Waals surface area contributed by atoms with Crippen LogP contribution in [-0.4, -0.2) is 19.7 Å².